The zero-order valence-electron chi connectivity index (χ0n) is 3.88. The van der Waals surface area contributed by atoms with Gasteiger partial charge in [0.1, 0.15) is 10.1 Å². The van der Waals surface area contributed by atoms with Gasteiger partial charge in [0.25, 0.3) is 0 Å². The fourth-order valence-electron chi connectivity index (χ4n) is 0.262. The quantitative estimate of drug-likeness (QED) is 0.542. The van der Waals surface area contributed by atoms with Gasteiger partial charge in [-0.2, -0.15) is 13.8 Å². The van der Waals surface area contributed by atoms with Crippen LogP contribution >= 0.6 is 33.9 Å². The molecular weight excluding hydrogens is 204 g/mol. The fraction of sp³-hybridized carbons (Fsp3) is 0. The van der Waals surface area contributed by atoms with Gasteiger partial charge in [0, 0.05) is 0 Å². The Labute approximate surface area is 68.5 Å². The van der Waals surface area contributed by atoms with Crippen LogP contribution in [0.2, 0.25) is 0 Å². The third-order valence-electron chi connectivity index (χ3n) is 0.486. The molecule has 0 aromatic carbocycles. The van der Waals surface area contributed by atoms with Crippen molar-refractivity contribution in [1.82, 2.24) is 0 Å². The third-order valence-corrected chi connectivity index (χ3v) is 2.09. The Hall–Kier alpha value is 0.360. The van der Waals surface area contributed by atoms with E-state index in [1.54, 1.807) is 0 Å². The highest BCUT2D eigenvalue weighted by molar-refractivity contribution is 8.09. The molecule has 3 nitrogen and oxygen atoms in total. The van der Waals surface area contributed by atoms with Gasteiger partial charge in [-0.05, 0) is 33.9 Å². The van der Waals surface area contributed by atoms with Crippen molar-refractivity contribution in [3.8, 4) is 0 Å². The number of halogens is 3. The lowest BCUT2D eigenvalue weighted by molar-refractivity contribution is 1.62. The van der Waals surface area contributed by atoms with Gasteiger partial charge in [-0.3, -0.25) is 0 Å². The fourth-order valence-corrected chi connectivity index (χ4v) is 1.83. The predicted octanol–water partition coefficient (Wildman–Crippen LogP) is 2.06. The second-order valence-corrected chi connectivity index (χ2v) is 3.36. The molecule has 0 spiro atoms. The molecule has 50 valence electrons. The van der Waals surface area contributed by atoms with Crippen molar-refractivity contribution in [3.63, 3.8) is 0 Å². The number of hydrogen-bond acceptors (Lipinski definition) is 3. The SMILES string of the molecule is ClC1=NC(Cl)=NS(Cl)=N1. The zero-order chi connectivity index (χ0) is 6.85. The van der Waals surface area contributed by atoms with Crippen LogP contribution in [0.3, 0.4) is 0 Å². The smallest absolute Gasteiger partial charge is 0.186 e. The van der Waals surface area contributed by atoms with Gasteiger partial charge in [-0.25, -0.2) is 0 Å². The van der Waals surface area contributed by atoms with E-state index >= 15 is 0 Å². The van der Waals surface area contributed by atoms with E-state index in [0.717, 1.165) is 0 Å². The minimum atomic E-state index is -0.960. The molecule has 0 bridgehead atoms. The van der Waals surface area contributed by atoms with Gasteiger partial charge in [-0.15, -0.1) is 0 Å². The molecule has 7 heteroatoms. The summed E-state index contributed by atoms with van der Waals surface area (Å²) in [5.74, 6) is 0. The van der Waals surface area contributed by atoms with Crippen LogP contribution in [0, 0.1) is 0 Å². The molecule has 1 heterocycles. The van der Waals surface area contributed by atoms with Gasteiger partial charge in [-0.1, -0.05) is 0 Å². The van der Waals surface area contributed by atoms with E-state index in [9.17, 15) is 0 Å². The van der Waals surface area contributed by atoms with E-state index in [1.807, 2.05) is 0 Å². The Morgan fingerprint density at radius 1 is 1.22 bits per heavy atom. The van der Waals surface area contributed by atoms with Crippen LogP contribution in [0.4, 0.5) is 0 Å². The molecule has 1 aliphatic rings. The summed E-state index contributed by atoms with van der Waals surface area (Å²) in [7, 11) is 4.47. The van der Waals surface area contributed by atoms with Crippen molar-refractivity contribution >= 4 is 54.6 Å². The molecule has 0 aromatic rings. The van der Waals surface area contributed by atoms with Crippen LogP contribution in [-0.2, 0) is 10.1 Å². The first kappa shape index (κ1) is 7.47. The van der Waals surface area contributed by atoms with Crippen molar-refractivity contribution in [2.45, 2.75) is 0 Å². The second kappa shape index (κ2) is 2.96. The minimum absolute atomic E-state index is 0.0494. The van der Waals surface area contributed by atoms with Gasteiger partial charge < -0.3 is 0 Å². The molecule has 0 radical (unpaired) electrons. The van der Waals surface area contributed by atoms with Crippen molar-refractivity contribution in [2.24, 2.45) is 13.8 Å². The van der Waals surface area contributed by atoms with E-state index < -0.39 is 10.1 Å². The summed E-state index contributed by atoms with van der Waals surface area (Å²) in [4.78, 5) is 3.49. The normalized spacial score (nSPS) is 26.3. The summed E-state index contributed by atoms with van der Waals surface area (Å²) in [5.41, 5.74) is 0. The van der Waals surface area contributed by atoms with E-state index in [4.69, 9.17) is 33.9 Å². The van der Waals surface area contributed by atoms with E-state index in [2.05, 4.69) is 13.8 Å². The van der Waals surface area contributed by atoms with Crippen LogP contribution in [-0.4, -0.2) is 10.6 Å². The molecule has 0 saturated heterocycles. The van der Waals surface area contributed by atoms with Gasteiger partial charge in [0.15, 0.2) is 0 Å². The van der Waals surface area contributed by atoms with Gasteiger partial charge in [0.05, 0.1) is 0 Å². The van der Waals surface area contributed by atoms with Crippen LogP contribution in [0.15, 0.2) is 13.8 Å². The first-order chi connectivity index (χ1) is 4.18. The van der Waals surface area contributed by atoms with Crippen molar-refractivity contribution < 1.29 is 0 Å². The van der Waals surface area contributed by atoms with Crippen LogP contribution in [0.1, 0.15) is 0 Å². The Morgan fingerprint density at radius 3 is 2.33 bits per heavy atom. The average molecular weight is 204 g/mol. The molecule has 0 aromatic heterocycles. The van der Waals surface area contributed by atoms with E-state index in [0.29, 0.717) is 0 Å². The molecule has 9 heavy (non-hydrogen) atoms. The van der Waals surface area contributed by atoms with Crippen molar-refractivity contribution in [3.05, 3.63) is 0 Å². The van der Waals surface area contributed by atoms with E-state index in [1.165, 1.54) is 0 Å². The highest BCUT2D eigenvalue weighted by Gasteiger charge is 2.02. The lowest BCUT2D eigenvalue weighted by atomic mass is 11.2. The summed E-state index contributed by atoms with van der Waals surface area (Å²) in [6.45, 7) is 0. The number of aliphatic imine (C=N–C) groups is 1. The number of amidine groups is 2. The Kier molecular flexibility index (Phi) is 2.46. The summed E-state index contributed by atoms with van der Waals surface area (Å²) in [5, 5.41) is 0.0988. The standard InChI is InChI=1S/C2Cl3N3S/c3-1-6-2(4)8-9(5)7-1. The molecule has 1 unspecified atom stereocenters. The van der Waals surface area contributed by atoms with Gasteiger partial charge >= 0.3 is 0 Å². The highest BCUT2D eigenvalue weighted by Crippen LogP contribution is 2.09. The minimum Gasteiger partial charge on any atom is -0.186 e. The largest absolute Gasteiger partial charge is 0.234 e. The molecule has 0 fully saturated rings. The zero-order valence-corrected chi connectivity index (χ0v) is 6.97. The van der Waals surface area contributed by atoms with Crippen LogP contribution in [0.25, 0.3) is 0 Å². The Bertz CT molecular complexity index is 173. The molecule has 0 aliphatic carbocycles. The molecule has 1 rings (SSSR count). The van der Waals surface area contributed by atoms with Crippen molar-refractivity contribution in [2.75, 3.05) is 0 Å². The monoisotopic (exact) mass is 203 g/mol. The molecule has 0 amide bonds. The lowest BCUT2D eigenvalue weighted by Gasteiger charge is -1.95. The first-order valence-corrected chi connectivity index (χ1v) is 4.51. The summed E-state index contributed by atoms with van der Waals surface area (Å²) < 4.78 is 7.14. The van der Waals surface area contributed by atoms with Crippen LogP contribution < -0.4 is 0 Å². The molecule has 0 N–H and O–H groups in total. The maximum absolute atomic E-state index is 5.43. The number of hydrogen-bond donors (Lipinski definition) is 0. The Balaban J connectivity index is 2.98. The molecule has 1 atom stereocenters. The summed E-state index contributed by atoms with van der Waals surface area (Å²) >= 11 is 10.7. The lowest BCUT2D eigenvalue weighted by Crippen LogP contribution is -1.95. The number of rotatable bonds is 0. The third kappa shape index (κ3) is 2.21. The summed E-state index contributed by atoms with van der Waals surface area (Å²) in [6, 6.07) is 0. The maximum atomic E-state index is 5.43. The molecule has 0 saturated carbocycles. The molecular formula is C2Cl3N3S. The van der Waals surface area contributed by atoms with Crippen molar-refractivity contribution in [1.29, 1.82) is 0 Å². The maximum Gasteiger partial charge on any atom is 0.234 e. The molecule has 1 aliphatic heterocycles. The predicted molar refractivity (Wildman–Crippen MR) is 42.2 cm³/mol. The average Bonchev–Trinajstić information content (AvgIpc) is 1.59. The topological polar surface area (TPSA) is 37.1 Å². The van der Waals surface area contributed by atoms with Gasteiger partial charge in [0.2, 0.25) is 10.6 Å². The highest BCUT2D eigenvalue weighted by atomic mass is 35.7. The Morgan fingerprint density at radius 2 is 1.89 bits per heavy atom. The van der Waals surface area contributed by atoms with E-state index in [-0.39, 0.29) is 10.6 Å². The number of nitrogens with zero attached hydrogens (tertiary/aromatic N) is 3. The van der Waals surface area contributed by atoms with Crippen LogP contribution in [0.5, 0.6) is 0 Å². The summed E-state index contributed by atoms with van der Waals surface area (Å²) in [6.07, 6.45) is 0. The first-order valence-electron chi connectivity index (χ1n) is 1.79. The second-order valence-electron chi connectivity index (χ2n) is 1.05.